The number of hydrogen-bond donors (Lipinski definition) is 1. The van der Waals surface area contributed by atoms with Crippen LogP contribution in [0.15, 0.2) is 29.5 Å². The van der Waals surface area contributed by atoms with E-state index >= 15 is 0 Å². The van der Waals surface area contributed by atoms with Gasteiger partial charge in [-0.3, -0.25) is 0 Å². The summed E-state index contributed by atoms with van der Waals surface area (Å²) in [7, 11) is 0. The van der Waals surface area contributed by atoms with Gasteiger partial charge in [0.25, 0.3) is 0 Å². The third kappa shape index (κ3) is 4.31. The fourth-order valence-corrected chi connectivity index (χ4v) is 1.46. The van der Waals surface area contributed by atoms with Crippen molar-refractivity contribution in [3.8, 4) is 24.0 Å². The maximum Gasteiger partial charge on any atom is 0.573 e. The molecule has 1 N–H and O–H groups in total. The zero-order chi connectivity index (χ0) is 16.0. The monoisotopic (exact) mass is 312 g/mol. The number of nitrogens with one attached hydrogen (secondary N) is 1. The van der Waals surface area contributed by atoms with Crippen LogP contribution in [0.25, 0.3) is 0 Å². The summed E-state index contributed by atoms with van der Waals surface area (Å²) in [5, 5.41) is 28.0. The number of ether oxygens (including phenoxy) is 1. The van der Waals surface area contributed by atoms with E-state index in [9.17, 15) is 13.2 Å². The van der Waals surface area contributed by atoms with Crippen LogP contribution in [0.2, 0.25) is 5.02 Å². The lowest BCUT2D eigenvalue weighted by atomic mass is 10.2. The zero-order valence-corrected chi connectivity index (χ0v) is 10.7. The molecule has 0 aliphatic rings. The minimum atomic E-state index is -4.99. The lowest BCUT2D eigenvalue weighted by molar-refractivity contribution is -0.274. The lowest BCUT2D eigenvalue weighted by Gasteiger charge is -2.15. The molecule has 0 atom stereocenters. The second-order valence-corrected chi connectivity index (χ2v) is 3.78. The largest absolute Gasteiger partial charge is 0.573 e. The minimum Gasteiger partial charge on any atom is -0.402 e. The van der Waals surface area contributed by atoms with E-state index in [0.29, 0.717) is 0 Å². The lowest BCUT2D eigenvalue weighted by Crippen LogP contribution is -2.18. The summed E-state index contributed by atoms with van der Waals surface area (Å²) >= 11 is 5.62. The normalized spacial score (nSPS) is 9.76. The molecule has 5 nitrogen and oxygen atoms in total. The quantitative estimate of drug-likeness (QED) is 0.862. The fraction of sp³-hybridized carbons (Fsp3) is 0.0833. The molecule has 106 valence electrons. The average molecular weight is 313 g/mol. The molecule has 0 fully saturated rings. The molecule has 0 bridgehead atoms. The van der Waals surface area contributed by atoms with Gasteiger partial charge in [-0.05, 0) is 12.1 Å². The van der Waals surface area contributed by atoms with Gasteiger partial charge in [0.15, 0.2) is 11.3 Å². The SMILES string of the molecule is N#CC(C#N)=C(C#N)Nc1cccc(Cl)c1OC(F)(F)F. The van der Waals surface area contributed by atoms with Crippen molar-refractivity contribution >= 4 is 17.3 Å². The molecular formula is C12H4ClF3N4O. The maximum absolute atomic E-state index is 12.3. The number of nitriles is 3. The topological polar surface area (TPSA) is 92.6 Å². The molecule has 0 spiro atoms. The van der Waals surface area contributed by atoms with Crippen LogP contribution in [0.1, 0.15) is 0 Å². The Morgan fingerprint density at radius 2 is 1.76 bits per heavy atom. The second kappa shape index (κ2) is 6.51. The summed E-state index contributed by atoms with van der Waals surface area (Å²) in [5.41, 5.74) is -1.41. The summed E-state index contributed by atoms with van der Waals surface area (Å²) < 4.78 is 40.7. The second-order valence-electron chi connectivity index (χ2n) is 3.37. The molecule has 1 aromatic carbocycles. The third-order valence-corrected chi connectivity index (χ3v) is 2.33. The van der Waals surface area contributed by atoms with Gasteiger partial charge in [-0.25, -0.2) is 0 Å². The molecule has 0 aromatic heterocycles. The van der Waals surface area contributed by atoms with Crippen LogP contribution in [0, 0.1) is 34.0 Å². The van der Waals surface area contributed by atoms with Gasteiger partial charge in [-0.15, -0.1) is 13.2 Å². The number of benzene rings is 1. The van der Waals surface area contributed by atoms with E-state index in [1.54, 1.807) is 0 Å². The molecule has 0 aliphatic carbocycles. The van der Waals surface area contributed by atoms with Gasteiger partial charge in [0.1, 0.15) is 23.9 Å². The zero-order valence-electron chi connectivity index (χ0n) is 9.99. The standard InChI is InChI=1S/C12H4ClF3N4O/c13-8-2-1-3-9(11(8)21-12(14,15)16)20-10(6-19)7(4-17)5-18/h1-3,20H. The highest BCUT2D eigenvalue weighted by molar-refractivity contribution is 6.32. The van der Waals surface area contributed by atoms with E-state index < -0.39 is 23.4 Å². The summed E-state index contributed by atoms with van der Waals surface area (Å²) in [5.74, 6) is -0.769. The molecule has 0 saturated heterocycles. The van der Waals surface area contributed by atoms with Gasteiger partial charge in [0.05, 0.1) is 10.7 Å². The highest BCUT2D eigenvalue weighted by atomic mass is 35.5. The van der Waals surface area contributed by atoms with Crippen molar-refractivity contribution in [2.45, 2.75) is 6.36 Å². The third-order valence-electron chi connectivity index (χ3n) is 2.03. The Morgan fingerprint density at radius 3 is 2.24 bits per heavy atom. The predicted octanol–water partition coefficient (Wildman–Crippen LogP) is 3.48. The minimum absolute atomic E-state index is 0.306. The molecule has 0 amide bonds. The maximum atomic E-state index is 12.3. The molecular weight excluding hydrogens is 309 g/mol. The number of hydrogen-bond acceptors (Lipinski definition) is 5. The van der Waals surface area contributed by atoms with E-state index in [4.69, 9.17) is 27.4 Å². The molecule has 1 aromatic rings. The Labute approximate surface area is 122 Å². The van der Waals surface area contributed by atoms with E-state index in [2.05, 4.69) is 10.1 Å². The first-order valence-electron chi connectivity index (χ1n) is 5.08. The van der Waals surface area contributed by atoms with Gasteiger partial charge in [-0.2, -0.15) is 15.8 Å². The average Bonchev–Trinajstić information content (AvgIpc) is 2.41. The Bertz CT molecular complexity index is 691. The first kappa shape index (κ1) is 16.2. The molecule has 9 heteroatoms. The van der Waals surface area contributed by atoms with Crippen molar-refractivity contribution in [1.29, 1.82) is 15.8 Å². The molecule has 0 aliphatic heterocycles. The summed E-state index contributed by atoms with van der Waals surface area (Å²) in [6.45, 7) is 0. The van der Waals surface area contributed by atoms with Crippen LogP contribution in [0.5, 0.6) is 5.75 Å². The summed E-state index contributed by atoms with van der Waals surface area (Å²) in [6.07, 6.45) is -4.99. The van der Waals surface area contributed by atoms with Gasteiger partial charge >= 0.3 is 6.36 Å². The van der Waals surface area contributed by atoms with E-state index in [0.717, 1.165) is 12.1 Å². The Morgan fingerprint density at radius 1 is 1.14 bits per heavy atom. The predicted molar refractivity (Wildman–Crippen MR) is 65.6 cm³/mol. The number of allylic oxidation sites excluding steroid dienone is 2. The summed E-state index contributed by atoms with van der Waals surface area (Å²) in [4.78, 5) is 0. The van der Waals surface area contributed by atoms with E-state index in [1.165, 1.54) is 24.3 Å². The van der Waals surface area contributed by atoms with Gasteiger partial charge in [0, 0.05) is 0 Å². The molecule has 0 unspecified atom stereocenters. The van der Waals surface area contributed by atoms with Gasteiger partial charge in [0.2, 0.25) is 0 Å². The molecule has 21 heavy (non-hydrogen) atoms. The smallest absolute Gasteiger partial charge is 0.402 e. The number of halogens is 4. The van der Waals surface area contributed by atoms with Crippen LogP contribution in [0.4, 0.5) is 18.9 Å². The van der Waals surface area contributed by atoms with Crippen LogP contribution >= 0.6 is 11.6 Å². The van der Waals surface area contributed by atoms with Crippen molar-refractivity contribution in [2.75, 3.05) is 5.32 Å². The highest BCUT2D eigenvalue weighted by Gasteiger charge is 2.33. The first-order chi connectivity index (χ1) is 9.82. The molecule has 1 rings (SSSR count). The summed E-state index contributed by atoms with van der Waals surface area (Å²) in [6, 6.07) is 8.00. The van der Waals surface area contributed by atoms with Crippen LogP contribution in [-0.2, 0) is 0 Å². The number of para-hydroxylation sites is 1. The number of rotatable bonds is 3. The first-order valence-corrected chi connectivity index (χ1v) is 5.46. The number of alkyl halides is 3. The van der Waals surface area contributed by atoms with E-state index in [1.807, 2.05) is 0 Å². The molecule has 0 radical (unpaired) electrons. The Hall–Kier alpha value is -2.89. The Balaban J connectivity index is 3.31. The molecule has 0 heterocycles. The van der Waals surface area contributed by atoms with Crippen LogP contribution in [-0.4, -0.2) is 6.36 Å². The van der Waals surface area contributed by atoms with E-state index in [-0.39, 0.29) is 10.7 Å². The van der Waals surface area contributed by atoms with Crippen molar-refractivity contribution in [3.63, 3.8) is 0 Å². The van der Waals surface area contributed by atoms with Gasteiger partial charge in [-0.1, -0.05) is 17.7 Å². The van der Waals surface area contributed by atoms with Gasteiger partial charge < -0.3 is 10.1 Å². The highest BCUT2D eigenvalue weighted by Crippen LogP contribution is 2.37. The number of anilines is 1. The van der Waals surface area contributed by atoms with Crippen LogP contribution in [0.3, 0.4) is 0 Å². The number of nitrogens with zero attached hydrogens (tertiary/aromatic N) is 3. The Kier molecular flexibility index (Phi) is 5.01. The molecule has 0 saturated carbocycles. The fourth-order valence-electron chi connectivity index (χ4n) is 1.24. The van der Waals surface area contributed by atoms with Crippen molar-refractivity contribution in [1.82, 2.24) is 0 Å². The van der Waals surface area contributed by atoms with Crippen molar-refractivity contribution in [3.05, 3.63) is 34.5 Å². The van der Waals surface area contributed by atoms with Crippen molar-refractivity contribution in [2.24, 2.45) is 0 Å². The van der Waals surface area contributed by atoms with Crippen molar-refractivity contribution < 1.29 is 17.9 Å². The van der Waals surface area contributed by atoms with Crippen LogP contribution < -0.4 is 10.1 Å².